The van der Waals surface area contributed by atoms with Crippen molar-refractivity contribution in [2.24, 2.45) is 5.92 Å². The molecule has 2 aromatic rings. The average molecular weight is 503 g/mol. The van der Waals surface area contributed by atoms with E-state index in [1.54, 1.807) is 24.3 Å². The van der Waals surface area contributed by atoms with Gasteiger partial charge in [-0.15, -0.1) is 0 Å². The smallest absolute Gasteiger partial charge is 0.337 e. The van der Waals surface area contributed by atoms with Gasteiger partial charge in [-0.3, -0.25) is 14.4 Å². The molecule has 2 amide bonds. The number of hydrogen-bond donors (Lipinski definition) is 1. The third-order valence-corrected chi connectivity index (χ3v) is 6.04. The highest BCUT2D eigenvalue weighted by Gasteiger charge is 2.36. The Labute approximate surface area is 194 Å². The van der Waals surface area contributed by atoms with E-state index in [1.165, 1.54) is 12.0 Å². The topological polar surface area (TPSA) is 102 Å². The fourth-order valence-electron chi connectivity index (χ4n) is 3.37. The monoisotopic (exact) mass is 502 g/mol. The van der Waals surface area contributed by atoms with Crippen molar-refractivity contribution in [1.29, 1.82) is 0 Å². The molecule has 0 spiro atoms. The van der Waals surface area contributed by atoms with Crippen molar-refractivity contribution >= 4 is 51.1 Å². The lowest BCUT2D eigenvalue weighted by Crippen LogP contribution is -2.28. The van der Waals surface area contributed by atoms with Crippen LogP contribution < -0.4 is 10.2 Å². The van der Waals surface area contributed by atoms with Gasteiger partial charge in [0.05, 0.1) is 18.6 Å². The summed E-state index contributed by atoms with van der Waals surface area (Å²) in [6.45, 7) is 3.47. The van der Waals surface area contributed by atoms with Crippen LogP contribution in [0.2, 0.25) is 0 Å². The molecule has 0 saturated carbocycles. The van der Waals surface area contributed by atoms with Gasteiger partial charge in [0.2, 0.25) is 5.91 Å². The molecule has 3 rings (SSSR count). The van der Waals surface area contributed by atoms with E-state index in [0.29, 0.717) is 16.9 Å². The van der Waals surface area contributed by atoms with E-state index in [2.05, 4.69) is 26.0 Å². The summed E-state index contributed by atoms with van der Waals surface area (Å²) in [6.07, 6.45) is -0.00970. The summed E-state index contributed by atoms with van der Waals surface area (Å²) in [7, 11) is 1.29. The quantitative estimate of drug-likeness (QED) is 0.607. The molecule has 168 valence electrons. The summed E-state index contributed by atoms with van der Waals surface area (Å²) in [6, 6.07) is 10.1. The number of carbonyl (C=O) groups excluding carboxylic acids is 4. The molecule has 9 heteroatoms. The Bertz CT molecular complexity index is 1070. The highest BCUT2D eigenvalue weighted by Crippen LogP contribution is 2.27. The van der Waals surface area contributed by atoms with Crippen molar-refractivity contribution in [3.63, 3.8) is 0 Å². The number of aryl methyl sites for hydroxylation is 2. The van der Waals surface area contributed by atoms with E-state index in [1.807, 2.05) is 26.0 Å². The fraction of sp³-hybridized carbons (Fsp3) is 0.304. The molecule has 1 atom stereocenters. The Morgan fingerprint density at radius 3 is 2.47 bits per heavy atom. The van der Waals surface area contributed by atoms with E-state index >= 15 is 0 Å². The van der Waals surface area contributed by atoms with E-state index < -0.39 is 30.4 Å². The molecule has 0 aromatic heterocycles. The zero-order valence-electron chi connectivity index (χ0n) is 17.9. The van der Waals surface area contributed by atoms with Gasteiger partial charge in [0.1, 0.15) is 0 Å². The maximum absolute atomic E-state index is 12.4. The number of rotatable bonds is 6. The molecule has 0 aliphatic carbocycles. The molecular weight excluding hydrogens is 480 g/mol. The van der Waals surface area contributed by atoms with Crippen LogP contribution in [-0.2, 0) is 23.9 Å². The van der Waals surface area contributed by atoms with Gasteiger partial charge in [0.25, 0.3) is 5.91 Å². The van der Waals surface area contributed by atoms with E-state index in [0.717, 1.165) is 15.6 Å². The number of hydrogen-bond acceptors (Lipinski definition) is 6. The van der Waals surface area contributed by atoms with Crippen LogP contribution >= 0.6 is 15.9 Å². The number of anilines is 2. The summed E-state index contributed by atoms with van der Waals surface area (Å²) in [5.74, 6) is -2.44. The van der Waals surface area contributed by atoms with Crippen LogP contribution in [0.4, 0.5) is 11.4 Å². The van der Waals surface area contributed by atoms with Gasteiger partial charge in [-0.1, -0.05) is 15.9 Å². The van der Waals surface area contributed by atoms with Crippen molar-refractivity contribution in [3.05, 3.63) is 57.6 Å². The molecule has 1 N–H and O–H groups in total. The Kier molecular flexibility index (Phi) is 7.29. The van der Waals surface area contributed by atoms with E-state index in [9.17, 15) is 19.2 Å². The van der Waals surface area contributed by atoms with Crippen molar-refractivity contribution in [2.75, 3.05) is 30.5 Å². The number of halogens is 1. The van der Waals surface area contributed by atoms with Crippen LogP contribution in [0.1, 0.15) is 27.9 Å². The molecule has 1 heterocycles. The fourth-order valence-corrected chi connectivity index (χ4v) is 3.82. The third kappa shape index (κ3) is 5.34. The number of esters is 2. The second-order valence-corrected chi connectivity index (χ2v) is 8.37. The number of amides is 2. The predicted octanol–water partition coefficient (Wildman–Crippen LogP) is 3.39. The maximum atomic E-state index is 12.4. The van der Waals surface area contributed by atoms with Crippen molar-refractivity contribution in [2.45, 2.75) is 20.3 Å². The molecule has 32 heavy (non-hydrogen) atoms. The highest BCUT2D eigenvalue weighted by molar-refractivity contribution is 9.10. The summed E-state index contributed by atoms with van der Waals surface area (Å²) < 4.78 is 10.7. The lowest BCUT2D eigenvalue weighted by Gasteiger charge is -2.17. The highest BCUT2D eigenvalue weighted by atomic mass is 79.9. The lowest BCUT2D eigenvalue weighted by molar-refractivity contribution is -0.151. The first-order valence-corrected chi connectivity index (χ1v) is 10.7. The first kappa shape index (κ1) is 23.5. The van der Waals surface area contributed by atoms with Gasteiger partial charge in [-0.2, -0.15) is 0 Å². The van der Waals surface area contributed by atoms with Crippen LogP contribution in [0.25, 0.3) is 0 Å². The Balaban J connectivity index is 1.55. The Morgan fingerprint density at radius 1 is 1.12 bits per heavy atom. The third-order valence-electron chi connectivity index (χ3n) is 5.18. The normalized spacial score (nSPS) is 15.4. The minimum absolute atomic E-state index is 0.00970. The van der Waals surface area contributed by atoms with Crippen LogP contribution in [0.5, 0.6) is 0 Å². The number of methoxy groups -OCH3 is 1. The number of ether oxygens (including phenoxy) is 2. The summed E-state index contributed by atoms with van der Waals surface area (Å²) in [5.41, 5.74) is 3.41. The van der Waals surface area contributed by atoms with Gasteiger partial charge in [0.15, 0.2) is 6.61 Å². The molecule has 0 unspecified atom stereocenters. The zero-order chi connectivity index (χ0) is 23.4. The minimum atomic E-state index is -0.674. The SMILES string of the molecule is COC(=O)c1ccc(N2C[C@@H](C(=O)OCC(=O)Nc3cc(C)c(Br)cc3C)CC2=O)cc1. The predicted molar refractivity (Wildman–Crippen MR) is 121 cm³/mol. The van der Waals surface area contributed by atoms with Gasteiger partial charge in [-0.05, 0) is 61.4 Å². The number of benzene rings is 2. The summed E-state index contributed by atoms with van der Waals surface area (Å²) in [4.78, 5) is 50.0. The Hall–Kier alpha value is -3.20. The number of nitrogens with zero attached hydrogens (tertiary/aromatic N) is 1. The molecule has 0 radical (unpaired) electrons. The second-order valence-electron chi connectivity index (χ2n) is 7.52. The van der Waals surface area contributed by atoms with Crippen molar-refractivity contribution in [1.82, 2.24) is 0 Å². The molecular formula is C23H23BrN2O6. The first-order valence-electron chi connectivity index (χ1n) is 9.91. The number of carbonyl (C=O) groups is 4. The summed E-state index contributed by atoms with van der Waals surface area (Å²) >= 11 is 3.44. The standard InChI is InChI=1S/C23H23BrN2O6/c1-13-9-19(14(2)8-18(13)24)25-20(27)12-32-23(30)16-10-21(28)26(11-16)17-6-4-15(5-7-17)22(29)31-3/h4-9,16H,10-12H2,1-3H3,(H,25,27)/t16-/m0/s1. The maximum Gasteiger partial charge on any atom is 0.337 e. The van der Waals surface area contributed by atoms with E-state index in [-0.39, 0.29) is 18.9 Å². The summed E-state index contributed by atoms with van der Waals surface area (Å²) in [5, 5.41) is 2.73. The molecule has 0 bridgehead atoms. The molecule has 2 aromatic carbocycles. The van der Waals surface area contributed by atoms with Crippen LogP contribution in [0.15, 0.2) is 40.9 Å². The van der Waals surface area contributed by atoms with Gasteiger partial charge >= 0.3 is 11.9 Å². The average Bonchev–Trinajstić information content (AvgIpc) is 3.17. The van der Waals surface area contributed by atoms with Crippen LogP contribution in [0, 0.1) is 19.8 Å². The van der Waals surface area contributed by atoms with E-state index in [4.69, 9.17) is 4.74 Å². The van der Waals surface area contributed by atoms with Crippen LogP contribution in [-0.4, -0.2) is 44.0 Å². The first-order chi connectivity index (χ1) is 15.2. The number of nitrogens with one attached hydrogen (secondary N) is 1. The molecule has 8 nitrogen and oxygen atoms in total. The second kappa shape index (κ2) is 9.95. The molecule has 1 saturated heterocycles. The Morgan fingerprint density at radius 2 is 1.81 bits per heavy atom. The lowest BCUT2D eigenvalue weighted by atomic mass is 10.1. The van der Waals surface area contributed by atoms with Gasteiger partial charge < -0.3 is 19.7 Å². The van der Waals surface area contributed by atoms with Gasteiger partial charge in [0, 0.05) is 28.8 Å². The largest absolute Gasteiger partial charge is 0.465 e. The van der Waals surface area contributed by atoms with Gasteiger partial charge in [-0.25, -0.2) is 4.79 Å². The molecule has 1 aliphatic rings. The zero-order valence-corrected chi connectivity index (χ0v) is 19.5. The molecule has 1 fully saturated rings. The minimum Gasteiger partial charge on any atom is -0.465 e. The molecule has 1 aliphatic heterocycles. The van der Waals surface area contributed by atoms with Crippen molar-refractivity contribution in [3.8, 4) is 0 Å². The van der Waals surface area contributed by atoms with Crippen molar-refractivity contribution < 1.29 is 28.7 Å². The van der Waals surface area contributed by atoms with Crippen LogP contribution in [0.3, 0.4) is 0 Å².